The maximum atomic E-state index is 11.2. The van der Waals surface area contributed by atoms with Crippen LogP contribution < -0.4 is 0 Å². The summed E-state index contributed by atoms with van der Waals surface area (Å²) in [7, 11) is 0. The van der Waals surface area contributed by atoms with E-state index >= 15 is 0 Å². The lowest BCUT2D eigenvalue weighted by Gasteiger charge is -2.14. The normalized spacial score (nSPS) is 16.2. The predicted octanol–water partition coefficient (Wildman–Crippen LogP) is 3.24. The van der Waals surface area contributed by atoms with Gasteiger partial charge in [0.15, 0.2) is 5.58 Å². The van der Waals surface area contributed by atoms with Gasteiger partial charge in [-0.1, -0.05) is 12.1 Å². The number of benzene rings is 1. The number of carboxylic acids is 1. The van der Waals surface area contributed by atoms with Crippen molar-refractivity contribution >= 4 is 22.6 Å². The van der Waals surface area contributed by atoms with Crippen LogP contribution in [0.4, 0.5) is 0 Å². The molecule has 0 fully saturated rings. The Labute approximate surface area is 104 Å². The van der Waals surface area contributed by atoms with Gasteiger partial charge in [-0.25, -0.2) is 9.78 Å². The summed E-state index contributed by atoms with van der Waals surface area (Å²) in [5.41, 5.74) is 2.68. The van der Waals surface area contributed by atoms with Crippen LogP contribution in [0.3, 0.4) is 0 Å². The monoisotopic (exact) mass is 243 g/mol. The van der Waals surface area contributed by atoms with Crippen molar-refractivity contribution in [3.8, 4) is 0 Å². The van der Waals surface area contributed by atoms with Crippen molar-refractivity contribution in [1.82, 2.24) is 4.98 Å². The summed E-state index contributed by atoms with van der Waals surface area (Å²) in [4.78, 5) is 15.6. The molecule has 1 aromatic heterocycles. The zero-order chi connectivity index (χ0) is 12.5. The van der Waals surface area contributed by atoms with Crippen molar-refractivity contribution in [2.75, 3.05) is 0 Å². The second kappa shape index (κ2) is 4.29. The molecule has 1 N–H and O–H groups in total. The average molecular weight is 243 g/mol. The first-order valence-corrected chi connectivity index (χ1v) is 6.07. The van der Waals surface area contributed by atoms with Gasteiger partial charge in [0.25, 0.3) is 0 Å². The van der Waals surface area contributed by atoms with E-state index in [2.05, 4.69) is 4.98 Å². The molecule has 0 saturated carbocycles. The molecule has 1 aromatic carbocycles. The van der Waals surface area contributed by atoms with Gasteiger partial charge in [0, 0.05) is 11.1 Å². The van der Waals surface area contributed by atoms with Gasteiger partial charge >= 0.3 is 5.97 Å². The van der Waals surface area contributed by atoms with Crippen LogP contribution in [0.15, 0.2) is 34.3 Å². The Morgan fingerprint density at radius 1 is 1.22 bits per heavy atom. The van der Waals surface area contributed by atoms with E-state index in [4.69, 9.17) is 4.42 Å². The first kappa shape index (κ1) is 11.0. The summed E-state index contributed by atoms with van der Waals surface area (Å²) in [6.07, 6.45) is 3.24. The third-order valence-electron chi connectivity index (χ3n) is 3.28. The third kappa shape index (κ3) is 1.79. The number of hydrogen-bond acceptors (Lipinski definition) is 3. The van der Waals surface area contributed by atoms with E-state index in [1.807, 2.05) is 24.3 Å². The molecule has 1 aliphatic carbocycles. The summed E-state index contributed by atoms with van der Waals surface area (Å²) >= 11 is 0. The molecule has 4 heteroatoms. The van der Waals surface area contributed by atoms with Crippen molar-refractivity contribution in [3.05, 3.63) is 35.7 Å². The van der Waals surface area contributed by atoms with Crippen LogP contribution in [-0.4, -0.2) is 16.1 Å². The molecule has 2 aromatic rings. The standard InChI is InChI=1S/C14H13NO3/c16-14(17)10-6-2-1-5-9(10)13-15-11-7-3-4-8-12(11)18-13/h3-4,7-8H,1-2,5-6H2,(H,16,17). The van der Waals surface area contributed by atoms with Gasteiger partial charge in [-0.05, 0) is 37.8 Å². The topological polar surface area (TPSA) is 63.3 Å². The maximum absolute atomic E-state index is 11.2. The summed E-state index contributed by atoms with van der Waals surface area (Å²) in [5.74, 6) is -0.389. The third-order valence-corrected chi connectivity index (χ3v) is 3.28. The molecular weight excluding hydrogens is 230 g/mol. The highest BCUT2D eigenvalue weighted by Crippen LogP contribution is 2.33. The molecule has 92 valence electrons. The molecule has 0 bridgehead atoms. The second-order valence-electron chi connectivity index (χ2n) is 4.46. The van der Waals surface area contributed by atoms with E-state index in [1.54, 1.807) is 0 Å². The minimum Gasteiger partial charge on any atom is -0.478 e. The number of fused-ring (bicyclic) bond motifs is 1. The zero-order valence-electron chi connectivity index (χ0n) is 9.85. The van der Waals surface area contributed by atoms with E-state index in [-0.39, 0.29) is 0 Å². The van der Waals surface area contributed by atoms with Crippen LogP contribution in [-0.2, 0) is 4.79 Å². The number of para-hydroxylation sites is 2. The fraction of sp³-hybridized carbons (Fsp3) is 0.286. The van der Waals surface area contributed by atoms with Crippen molar-refractivity contribution in [3.63, 3.8) is 0 Å². The smallest absolute Gasteiger partial charge is 0.332 e. The molecule has 0 atom stereocenters. The number of allylic oxidation sites excluding steroid dienone is 1. The molecule has 1 heterocycles. The average Bonchev–Trinajstić information content (AvgIpc) is 2.82. The second-order valence-corrected chi connectivity index (χ2v) is 4.46. The van der Waals surface area contributed by atoms with E-state index in [0.717, 1.165) is 30.4 Å². The summed E-state index contributed by atoms with van der Waals surface area (Å²) in [5, 5.41) is 9.22. The first-order valence-electron chi connectivity index (χ1n) is 6.07. The molecule has 1 aliphatic rings. The largest absolute Gasteiger partial charge is 0.478 e. The molecule has 0 unspecified atom stereocenters. The summed E-state index contributed by atoms with van der Waals surface area (Å²) in [6, 6.07) is 7.48. The van der Waals surface area contributed by atoms with Crippen LogP contribution >= 0.6 is 0 Å². The molecule has 4 nitrogen and oxygen atoms in total. The van der Waals surface area contributed by atoms with Crippen LogP contribution in [0.25, 0.3) is 16.7 Å². The van der Waals surface area contributed by atoms with E-state index < -0.39 is 5.97 Å². The van der Waals surface area contributed by atoms with Crippen LogP contribution in [0.5, 0.6) is 0 Å². The van der Waals surface area contributed by atoms with Crippen LogP contribution in [0.2, 0.25) is 0 Å². The fourth-order valence-electron chi connectivity index (χ4n) is 2.38. The number of aliphatic carboxylic acids is 1. The Hall–Kier alpha value is -2.10. The molecular formula is C14H13NO3. The first-order chi connectivity index (χ1) is 8.75. The van der Waals surface area contributed by atoms with Crippen molar-refractivity contribution < 1.29 is 14.3 Å². The Bertz CT molecular complexity index is 606. The van der Waals surface area contributed by atoms with Crippen molar-refractivity contribution in [2.24, 2.45) is 0 Å². The Balaban J connectivity index is 2.14. The van der Waals surface area contributed by atoms with E-state index in [1.165, 1.54) is 0 Å². The lowest BCUT2D eigenvalue weighted by atomic mass is 9.92. The van der Waals surface area contributed by atoms with Gasteiger partial charge in [0.1, 0.15) is 5.52 Å². The fourth-order valence-corrected chi connectivity index (χ4v) is 2.38. The van der Waals surface area contributed by atoms with Gasteiger partial charge in [-0.2, -0.15) is 0 Å². The van der Waals surface area contributed by atoms with Gasteiger partial charge in [-0.15, -0.1) is 0 Å². The number of nitrogens with zero attached hydrogens (tertiary/aromatic N) is 1. The summed E-state index contributed by atoms with van der Waals surface area (Å²) in [6.45, 7) is 0. The Morgan fingerprint density at radius 3 is 2.78 bits per heavy atom. The lowest BCUT2D eigenvalue weighted by Crippen LogP contribution is -2.08. The molecule has 0 spiro atoms. The molecule has 0 radical (unpaired) electrons. The molecule has 0 amide bonds. The minimum absolute atomic E-state index is 0.452. The van der Waals surface area contributed by atoms with Gasteiger partial charge in [-0.3, -0.25) is 0 Å². The molecule has 0 saturated heterocycles. The number of oxazole rings is 1. The predicted molar refractivity (Wildman–Crippen MR) is 67.0 cm³/mol. The quantitative estimate of drug-likeness (QED) is 0.879. The number of hydrogen-bond donors (Lipinski definition) is 1. The molecule has 3 rings (SSSR count). The highest BCUT2D eigenvalue weighted by molar-refractivity contribution is 5.96. The molecule has 18 heavy (non-hydrogen) atoms. The zero-order valence-corrected chi connectivity index (χ0v) is 9.85. The van der Waals surface area contributed by atoms with Gasteiger partial charge in [0.2, 0.25) is 5.89 Å². The van der Waals surface area contributed by atoms with Crippen LogP contribution in [0.1, 0.15) is 31.6 Å². The van der Waals surface area contributed by atoms with E-state index in [0.29, 0.717) is 23.5 Å². The number of carbonyl (C=O) groups is 1. The SMILES string of the molecule is O=C(O)C1=C(c2nc3ccccc3o2)CCCC1. The minimum atomic E-state index is -0.855. The maximum Gasteiger partial charge on any atom is 0.332 e. The van der Waals surface area contributed by atoms with Gasteiger partial charge < -0.3 is 9.52 Å². The van der Waals surface area contributed by atoms with Crippen molar-refractivity contribution in [2.45, 2.75) is 25.7 Å². The number of aromatic nitrogens is 1. The Morgan fingerprint density at radius 2 is 2.00 bits per heavy atom. The molecule has 0 aliphatic heterocycles. The lowest BCUT2D eigenvalue weighted by molar-refractivity contribution is -0.132. The summed E-state index contributed by atoms with van der Waals surface area (Å²) < 4.78 is 5.66. The number of carboxylic acid groups (broad SMARTS) is 1. The van der Waals surface area contributed by atoms with Crippen LogP contribution in [0, 0.1) is 0 Å². The Kier molecular flexibility index (Phi) is 2.63. The van der Waals surface area contributed by atoms with Crippen molar-refractivity contribution in [1.29, 1.82) is 0 Å². The highest BCUT2D eigenvalue weighted by atomic mass is 16.4. The van der Waals surface area contributed by atoms with Gasteiger partial charge in [0.05, 0.1) is 0 Å². The number of rotatable bonds is 2. The van der Waals surface area contributed by atoms with E-state index in [9.17, 15) is 9.90 Å². The highest BCUT2D eigenvalue weighted by Gasteiger charge is 2.23.